The number of alkyl halides is 3. The molecule has 30 heavy (non-hydrogen) atoms. The van der Waals surface area contributed by atoms with Gasteiger partial charge in [0.15, 0.2) is 0 Å². The smallest absolute Gasteiger partial charge is 0.389 e. The average molecular weight is 424 g/mol. The van der Waals surface area contributed by atoms with Gasteiger partial charge in [-0.2, -0.15) is 13.2 Å². The third kappa shape index (κ3) is 3.82. The van der Waals surface area contributed by atoms with Gasteiger partial charge in [-0.3, -0.25) is 14.5 Å². The highest BCUT2D eigenvalue weighted by atomic mass is 19.4. The minimum Gasteiger partial charge on any atom is -0.474 e. The molecule has 0 radical (unpaired) electrons. The first-order valence-corrected chi connectivity index (χ1v) is 9.84. The summed E-state index contributed by atoms with van der Waals surface area (Å²) in [5.41, 5.74) is 5.62. The van der Waals surface area contributed by atoms with Crippen molar-refractivity contribution in [1.82, 2.24) is 15.2 Å². The first-order chi connectivity index (χ1) is 14.1. The largest absolute Gasteiger partial charge is 0.474 e. The molecule has 2 amide bonds. The minimum atomic E-state index is -4.29. The Morgan fingerprint density at radius 1 is 1.37 bits per heavy atom. The molecule has 3 aliphatic rings. The van der Waals surface area contributed by atoms with E-state index >= 15 is 0 Å². The van der Waals surface area contributed by atoms with Crippen molar-refractivity contribution < 1.29 is 27.5 Å². The van der Waals surface area contributed by atoms with Crippen LogP contribution in [-0.4, -0.2) is 46.1 Å². The molecule has 1 spiro atoms. The first-order valence-electron chi connectivity index (χ1n) is 9.84. The van der Waals surface area contributed by atoms with Gasteiger partial charge in [0.25, 0.3) is 11.8 Å². The second kappa shape index (κ2) is 7.17. The number of carbonyl (C=O) groups excluding carboxylic acids is 2. The van der Waals surface area contributed by atoms with E-state index in [9.17, 15) is 22.8 Å². The number of rotatable bonds is 6. The summed E-state index contributed by atoms with van der Waals surface area (Å²) in [6.45, 7) is 3.81. The zero-order chi connectivity index (χ0) is 21.7. The molecule has 1 aromatic heterocycles. The van der Waals surface area contributed by atoms with E-state index in [2.05, 4.69) is 16.9 Å². The van der Waals surface area contributed by atoms with Gasteiger partial charge in [-0.05, 0) is 49.7 Å². The maximum atomic E-state index is 12.5. The van der Waals surface area contributed by atoms with Crippen LogP contribution in [0.2, 0.25) is 0 Å². The molecule has 1 unspecified atom stereocenters. The molecule has 4 rings (SSSR count). The highest BCUT2D eigenvalue weighted by molar-refractivity contribution is 5.94. The number of aromatic nitrogens is 1. The topological polar surface area (TPSA) is 97.6 Å². The Hall–Kier alpha value is -2.78. The Bertz CT molecular complexity index is 874. The zero-order valence-electron chi connectivity index (χ0n) is 16.2. The minimum absolute atomic E-state index is 0.0433. The lowest BCUT2D eigenvalue weighted by atomic mass is 9.52. The molecule has 7 nitrogen and oxygen atoms in total. The van der Waals surface area contributed by atoms with Crippen molar-refractivity contribution in [2.24, 2.45) is 11.1 Å². The maximum absolute atomic E-state index is 12.5. The van der Waals surface area contributed by atoms with Crippen molar-refractivity contribution in [3.63, 3.8) is 0 Å². The summed E-state index contributed by atoms with van der Waals surface area (Å²) in [4.78, 5) is 29.6. The Kier molecular flexibility index (Phi) is 4.90. The van der Waals surface area contributed by atoms with E-state index in [1.807, 2.05) is 0 Å². The molecule has 1 aliphatic heterocycles. The molecule has 0 aromatic carbocycles. The van der Waals surface area contributed by atoms with Crippen LogP contribution in [0.5, 0.6) is 5.88 Å². The quantitative estimate of drug-likeness (QED) is 0.731. The summed E-state index contributed by atoms with van der Waals surface area (Å²) >= 11 is 0. The lowest BCUT2D eigenvalue weighted by Crippen LogP contribution is -2.59. The van der Waals surface area contributed by atoms with Crippen molar-refractivity contribution in [3.8, 4) is 5.88 Å². The molecule has 2 saturated carbocycles. The molecule has 3 fully saturated rings. The van der Waals surface area contributed by atoms with E-state index in [-0.39, 0.29) is 41.3 Å². The van der Waals surface area contributed by atoms with Crippen molar-refractivity contribution in [1.29, 1.82) is 0 Å². The molecule has 10 heteroatoms. The summed E-state index contributed by atoms with van der Waals surface area (Å²) in [5, 5.41) is 2.80. The lowest BCUT2D eigenvalue weighted by Gasteiger charge is -2.58. The number of hydrogen-bond donors (Lipinski definition) is 2. The fourth-order valence-electron chi connectivity index (χ4n) is 4.81. The predicted octanol–water partition coefficient (Wildman–Crippen LogP) is 2.48. The number of primary amides is 1. The van der Waals surface area contributed by atoms with Crippen LogP contribution in [-0.2, 0) is 4.79 Å². The summed E-state index contributed by atoms with van der Waals surface area (Å²) in [5.74, 6) is -0.343. The third-order valence-electron chi connectivity index (χ3n) is 6.22. The monoisotopic (exact) mass is 424 g/mol. The van der Waals surface area contributed by atoms with E-state index in [1.165, 1.54) is 11.1 Å². The van der Waals surface area contributed by atoms with Gasteiger partial charge in [-0.25, -0.2) is 4.98 Å². The Labute approximate surface area is 171 Å². The van der Waals surface area contributed by atoms with Crippen LogP contribution in [0.1, 0.15) is 48.9 Å². The van der Waals surface area contributed by atoms with Crippen molar-refractivity contribution in [3.05, 3.63) is 36.3 Å². The van der Waals surface area contributed by atoms with Gasteiger partial charge in [-0.15, -0.1) is 0 Å². The van der Waals surface area contributed by atoms with Gasteiger partial charge in [-0.1, -0.05) is 6.58 Å². The summed E-state index contributed by atoms with van der Waals surface area (Å²) < 4.78 is 43.2. The number of nitrogens with one attached hydrogen (secondary N) is 1. The van der Waals surface area contributed by atoms with Crippen molar-refractivity contribution >= 4 is 11.8 Å². The number of halogens is 3. The predicted molar refractivity (Wildman–Crippen MR) is 100 cm³/mol. The molecule has 1 aromatic rings. The van der Waals surface area contributed by atoms with Crippen LogP contribution in [0.25, 0.3) is 0 Å². The van der Waals surface area contributed by atoms with E-state index in [0.717, 1.165) is 25.7 Å². The van der Waals surface area contributed by atoms with Crippen LogP contribution in [0, 0.1) is 5.41 Å². The number of pyridine rings is 1. The Morgan fingerprint density at radius 2 is 2.07 bits per heavy atom. The van der Waals surface area contributed by atoms with E-state index in [4.69, 9.17) is 10.5 Å². The van der Waals surface area contributed by atoms with Gasteiger partial charge in [0.05, 0.1) is 0 Å². The SMILES string of the molecule is C=C1NC(CCC(F)(F)F)C(=O)N1C1CC2(CC(Oc3ncccc3C(N)=O)C2)C1. The molecule has 2 aliphatic carbocycles. The van der Waals surface area contributed by atoms with E-state index in [0.29, 0.717) is 5.82 Å². The van der Waals surface area contributed by atoms with Crippen LogP contribution in [0.15, 0.2) is 30.7 Å². The van der Waals surface area contributed by atoms with Crippen LogP contribution >= 0.6 is 0 Å². The normalized spacial score (nSPS) is 30.6. The third-order valence-corrected chi connectivity index (χ3v) is 6.22. The van der Waals surface area contributed by atoms with Gasteiger partial charge in [0.2, 0.25) is 5.88 Å². The number of nitrogens with zero attached hydrogens (tertiary/aromatic N) is 2. The van der Waals surface area contributed by atoms with Crippen LogP contribution in [0.4, 0.5) is 13.2 Å². The fraction of sp³-hybridized carbons (Fsp3) is 0.550. The zero-order valence-corrected chi connectivity index (χ0v) is 16.2. The summed E-state index contributed by atoms with van der Waals surface area (Å²) in [6.07, 6.45) is -1.14. The number of carbonyl (C=O) groups is 2. The van der Waals surface area contributed by atoms with Crippen molar-refractivity contribution in [2.75, 3.05) is 0 Å². The average Bonchev–Trinajstić information content (AvgIpc) is 2.87. The number of nitrogens with two attached hydrogens (primary N) is 1. The Morgan fingerprint density at radius 3 is 2.70 bits per heavy atom. The summed E-state index contributed by atoms with van der Waals surface area (Å²) in [6, 6.07) is 2.24. The lowest BCUT2D eigenvalue weighted by molar-refractivity contribution is -0.145. The maximum Gasteiger partial charge on any atom is 0.389 e. The first kappa shape index (κ1) is 20.5. The molecular formula is C20H23F3N4O3. The van der Waals surface area contributed by atoms with Gasteiger partial charge >= 0.3 is 6.18 Å². The highest BCUT2D eigenvalue weighted by Gasteiger charge is 2.57. The van der Waals surface area contributed by atoms with E-state index in [1.54, 1.807) is 12.1 Å². The number of amides is 2. The Balaban J connectivity index is 1.28. The molecular weight excluding hydrogens is 401 g/mol. The van der Waals surface area contributed by atoms with Gasteiger partial charge in [0.1, 0.15) is 23.5 Å². The number of ether oxygens (including phenoxy) is 1. The second-order valence-electron chi connectivity index (χ2n) is 8.44. The molecule has 1 saturated heterocycles. The molecule has 1 atom stereocenters. The summed E-state index contributed by atoms with van der Waals surface area (Å²) in [7, 11) is 0. The standard InChI is InChI=1S/C20H23F3N4O3/c1-11-26-15(4-5-20(21,22)23)18(29)27(11)12-7-19(8-12)9-13(10-19)30-17-14(16(24)28)3-2-6-25-17/h2-3,6,12-13,15,26H,1,4-5,7-10H2,(H2,24,28). The van der Waals surface area contributed by atoms with E-state index < -0.39 is 24.5 Å². The molecule has 162 valence electrons. The second-order valence-corrected chi connectivity index (χ2v) is 8.44. The molecule has 0 bridgehead atoms. The highest BCUT2D eigenvalue weighted by Crippen LogP contribution is 2.58. The van der Waals surface area contributed by atoms with Gasteiger partial charge in [0, 0.05) is 18.7 Å². The number of hydrogen-bond acceptors (Lipinski definition) is 5. The van der Waals surface area contributed by atoms with Crippen LogP contribution in [0.3, 0.4) is 0 Å². The van der Waals surface area contributed by atoms with Crippen molar-refractivity contribution in [2.45, 2.75) is 62.9 Å². The molecule has 3 N–H and O–H groups in total. The van der Waals surface area contributed by atoms with Crippen LogP contribution < -0.4 is 15.8 Å². The van der Waals surface area contributed by atoms with Gasteiger partial charge < -0.3 is 15.8 Å². The molecule has 2 heterocycles. The fourth-order valence-corrected chi connectivity index (χ4v) is 4.81.